The number of hydrogen-bond donors (Lipinski definition) is 2. The zero-order valence-corrected chi connectivity index (χ0v) is 8.58. The van der Waals surface area contributed by atoms with Gasteiger partial charge in [-0.05, 0) is 25.7 Å². The average molecular weight is 184 g/mol. The number of nitrogens with two attached hydrogens (primary N) is 1. The zero-order chi connectivity index (χ0) is 9.68. The van der Waals surface area contributed by atoms with Crippen LogP contribution in [0.5, 0.6) is 0 Å². The summed E-state index contributed by atoms with van der Waals surface area (Å²) in [6, 6.07) is 0.645. The van der Waals surface area contributed by atoms with Gasteiger partial charge in [-0.25, -0.2) is 5.84 Å². The second-order valence-electron chi connectivity index (χ2n) is 3.55. The van der Waals surface area contributed by atoms with E-state index in [0.29, 0.717) is 6.04 Å². The third-order valence-electron chi connectivity index (χ3n) is 2.57. The second-order valence-corrected chi connectivity index (χ2v) is 3.55. The minimum atomic E-state index is 0.645. The number of hydrogen-bond acceptors (Lipinski definition) is 2. The van der Waals surface area contributed by atoms with E-state index in [4.69, 9.17) is 5.84 Å². The lowest BCUT2D eigenvalue weighted by molar-refractivity contribution is 0.234. The Kier molecular flexibility index (Phi) is 4.02. The van der Waals surface area contributed by atoms with E-state index in [9.17, 15) is 0 Å². The van der Waals surface area contributed by atoms with E-state index in [1.165, 1.54) is 19.3 Å². The lowest BCUT2D eigenvalue weighted by Crippen LogP contribution is -2.49. The van der Waals surface area contributed by atoms with Crippen molar-refractivity contribution in [2.75, 3.05) is 13.6 Å². The number of rotatable bonds is 3. The SMILES string of the molecule is CCCN=C(NN)N(C)C1CCC1. The molecule has 0 aromatic rings. The van der Waals surface area contributed by atoms with Crippen molar-refractivity contribution in [3.05, 3.63) is 0 Å². The van der Waals surface area contributed by atoms with Crippen LogP contribution in [0.1, 0.15) is 32.6 Å². The smallest absolute Gasteiger partial charge is 0.208 e. The van der Waals surface area contributed by atoms with Crippen LogP contribution in [-0.2, 0) is 0 Å². The number of aliphatic imine (C=N–C) groups is 1. The van der Waals surface area contributed by atoms with Crippen LogP contribution in [0.15, 0.2) is 4.99 Å². The van der Waals surface area contributed by atoms with Gasteiger partial charge in [-0.3, -0.25) is 10.4 Å². The maximum Gasteiger partial charge on any atom is 0.208 e. The van der Waals surface area contributed by atoms with Gasteiger partial charge in [0, 0.05) is 19.6 Å². The maximum absolute atomic E-state index is 5.41. The summed E-state index contributed by atoms with van der Waals surface area (Å²) in [6.07, 6.45) is 4.93. The molecule has 4 nitrogen and oxygen atoms in total. The molecule has 0 atom stereocenters. The molecule has 1 saturated carbocycles. The molecule has 76 valence electrons. The first-order chi connectivity index (χ1) is 6.29. The van der Waals surface area contributed by atoms with Gasteiger partial charge in [-0.15, -0.1) is 0 Å². The van der Waals surface area contributed by atoms with Crippen molar-refractivity contribution in [2.24, 2.45) is 10.8 Å². The summed E-state index contributed by atoms with van der Waals surface area (Å²) in [5, 5.41) is 0. The summed E-state index contributed by atoms with van der Waals surface area (Å²) < 4.78 is 0. The number of nitrogens with zero attached hydrogens (tertiary/aromatic N) is 2. The summed E-state index contributed by atoms with van der Waals surface area (Å²) in [5.74, 6) is 6.23. The van der Waals surface area contributed by atoms with E-state index >= 15 is 0 Å². The van der Waals surface area contributed by atoms with E-state index in [0.717, 1.165) is 18.9 Å². The van der Waals surface area contributed by atoms with Crippen molar-refractivity contribution in [1.29, 1.82) is 0 Å². The van der Waals surface area contributed by atoms with Gasteiger partial charge in [0.25, 0.3) is 0 Å². The molecule has 0 radical (unpaired) electrons. The fraction of sp³-hybridized carbons (Fsp3) is 0.889. The highest BCUT2D eigenvalue weighted by atomic mass is 15.4. The molecule has 3 N–H and O–H groups in total. The molecule has 0 saturated heterocycles. The molecule has 1 aliphatic carbocycles. The topological polar surface area (TPSA) is 53.6 Å². The number of hydrazine groups is 1. The van der Waals surface area contributed by atoms with Crippen molar-refractivity contribution in [3.63, 3.8) is 0 Å². The Bertz CT molecular complexity index is 174. The Labute approximate surface area is 80.2 Å². The van der Waals surface area contributed by atoms with Crippen LogP contribution in [0.4, 0.5) is 0 Å². The Morgan fingerprint density at radius 1 is 1.62 bits per heavy atom. The van der Waals surface area contributed by atoms with Gasteiger partial charge in [0.2, 0.25) is 5.96 Å². The first-order valence-electron chi connectivity index (χ1n) is 5.03. The molecular weight excluding hydrogens is 164 g/mol. The van der Waals surface area contributed by atoms with E-state index in [-0.39, 0.29) is 0 Å². The maximum atomic E-state index is 5.41. The molecular formula is C9H20N4. The van der Waals surface area contributed by atoms with Crippen molar-refractivity contribution in [3.8, 4) is 0 Å². The van der Waals surface area contributed by atoms with E-state index in [1.807, 2.05) is 0 Å². The quantitative estimate of drug-likeness (QED) is 0.294. The largest absolute Gasteiger partial charge is 0.342 e. The van der Waals surface area contributed by atoms with Crippen LogP contribution < -0.4 is 11.3 Å². The molecule has 0 aliphatic heterocycles. The molecule has 1 rings (SSSR count). The molecule has 0 heterocycles. The molecule has 13 heavy (non-hydrogen) atoms. The molecule has 0 aromatic heterocycles. The van der Waals surface area contributed by atoms with E-state index < -0.39 is 0 Å². The van der Waals surface area contributed by atoms with E-state index in [2.05, 4.69) is 29.3 Å². The van der Waals surface area contributed by atoms with Crippen molar-refractivity contribution >= 4 is 5.96 Å². The van der Waals surface area contributed by atoms with Crippen LogP contribution in [0.25, 0.3) is 0 Å². The van der Waals surface area contributed by atoms with Gasteiger partial charge in [-0.1, -0.05) is 6.92 Å². The average Bonchev–Trinajstić information content (AvgIpc) is 2.02. The third kappa shape index (κ3) is 2.59. The van der Waals surface area contributed by atoms with Gasteiger partial charge in [-0.2, -0.15) is 0 Å². The molecule has 0 amide bonds. The van der Waals surface area contributed by atoms with Gasteiger partial charge in [0.15, 0.2) is 0 Å². The van der Waals surface area contributed by atoms with Crippen LogP contribution >= 0.6 is 0 Å². The second kappa shape index (κ2) is 5.07. The Morgan fingerprint density at radius 2 is 2.31 bits per heavy atom. The minimum Gasteiger partial charge on any atom is -0.342 e. The highest BCUT2D eigenvalue weighted by Crippen LogP contribution is 2.23. The molecule has 1 fully saturated rings. The Morgan fingerprint density at radius 3 is 2.69 bits per heavy atom. The molecule has 0 bridgehead atoms. The lowest BCUT2D eigenvalue weighted by atomic mass is 9.92. The molecule has 1 aliphatic rings. The third-order valence-corrected chi connectivity index (χ3v) is 2.57. The Balaban J connectivity index is 2.43. The van der Waals surface area contributed by atoms with Crippen LogP contribution in [-0.4, -0.2) is 30.5 Å². The summed E-state index contributed by atoms with van der Waals surface area (Å²) in [7, 11) is 2.05. The first kappa shape index (κ1) is 10.3. The van der Waals surface area contributed by atoms with Crippen LogP contribution in [0.2, 0.25) is 0 Å². The predicted octanol–water partition coefficient (Wildman–Crippen LogP) is 0.700. The summed E-state index contributed by atoms with van der Waals surface area (Å²) >= 11 is 0. The predicted molar refractivity (Wildman–Crippen MR) is 55.3 cm³/mol. The molecule has 0 aromatic carbocycles. The van der Waals surface area contributed by atoms with Gasteiger partial charge >= 0.3 is 0 Å². The van der Waals surface area contributed by atoms with E-state index in [1.54, 1.807) is 0 Å². The van der Waals surface area contributed by atoms with Gasteiger partial charge in [0.1, 0.15) is 0 Å². The Hall–Kier alpha value is -0.770. The fourth-order valence-electron chi connectivity index (χ4n) is 1.42. The summed E-state index contributed by atoms with van der Waals surface area (Å²) in [5.41, 5.74) is 2.66. The molecule has 0 spiro atoms. The highest BCUT2D eigenvalue weighted by Gasteiger charge is 2.23. The highest BCUT2D eigenvalue weighted by molar-refractivity contribution is 5.79. The number of nitrogens with one attached hydrogen (secondary N) is 1. The summed E-state index contributed by atoms with van der Waals surface area (Å²) in [4.78, 5) is 6.52. The summed E-state index contributed by atoms with van der Waals surface area (Å²) in [6.45, 7) is 2.96. The fourth-order valence-corrected chi connectivity index (χ4v) is 1.42. The normalized spacial score (nSPS) is 18.2. The lowest BCUT2D eigenvalue weighted by Gasteiger charge is -2.36. The van der Waals surface area contributed by atoms with Crippen molar-refractivity contribution in [2.45, 2.75) is 38.6 Å². The van der Waals surface area contributed by atoms with Crippen molar-refractivity contribution < 1.29 is 0 Å². The van der Waals surface area contributed by atoms with Crippen molar-refractivity contribution in [1.82, 2.24) is 10.3 Å². The molecule has 0 unspecified atom stereocenters. The van der Waals surface area contributed by atoms with Crippen LogP contribution in [0, 0.1) is 0 Å². The van der Waals surface area contributed by atoms with Gasteiger partial charge in [0.05, 0.1) is 0 Å². The number of guanidine groups is 1. The van der Waals surface area contributed by atoms with Crippen LogP contribution in [0.3, 0.4) is 0 Å². The molecule has 4 heteroatoms. The van der Waals surface area contributed by atoms with Gasteiger partial charge < -0.3 is 4.90 Å². The minimum absolute atomic E-state index is 0.645. The monoisotopic (exact) mass is 184 g/mol. The first-order valence-corrected chi connectivity index (χ1v) is 5.03. The standard InChI is InChI=1S/C9H20N4/c1-3-7-11-9(12-10)13(2)8-5-4-6-8/h8H,3-7,10H2,1-2H3,(H,11,12). The zero-order valence-electron chi connectivity index (χ0n) is 8.58.